The molecule has 0 N–H and O–H groups in total. The summed E-state index contributed by atoms with van der Waals surface area (Å²) in [4.78, 5) is 12.0. The molecule has 0 aliphatic heterocycles. The number of hydrogen-bond donors (Lipinski definition) is 0. The summed E-state index contributed by atoms with van der Waals surface area (Å²) in [7, 11) is -3.40. The Bertz CT molecular complexity index is 1090. The van der Waals surface area contributed by atoms with Crippen molar-refractivity contribution in [2.24, 2.45) is 0 Å². The van der Waals surface area contributed by atoms with Gasteiger partial charge in [-0.3, -0.25) is 0 Å². The standard InChI is InChI=1S/C21H20Cl2O5S/c1-21(2,3)28-20(24)13-27-19-10-7-16(22)11-15(19)6-5-14-12-17(29(4,25)26)8-9-18(14)23/h7-12H,13H2,1-4H3. The lowest BCUT2D eigenvalue weighted by Crippen LogP contribution is -2.27. The molecule has 29 heavy (non-hydrogen) atoms. The van der Waals surface area contributed by atoms with Crippen LogP contribution in [0, 0.1) is 11.8 Å². The SMILES string of the molecule is CC(C)(C)OC(=O)COc1ccc(Cl)cc1C#Cc1cc(S(C)(=O)=O)ccc1Cl. The minimum Gasteiger partial charge on any atom is -0.481 e. The van der Waals surface area contributed by atoms with Crippen LogP contribution < -0.4 is 4.74 Å². The number of rotatable bonds is 4. The minimum atomic E-state index is -3.40. The van der Waals surface area contributed by atoms with Crippen molar-refractivity contribution in [3.05, 3.63) is 57.6 Å². The fourth-order valence-electron chi connectivity index (χ4n) is 2.20. The van der Waals surface area contributed by atoms with Crippen molar-refractivity contribution < 1.29 is 22.7 Å². The summed E-state index contributed by atoms with van der Waals surface area (Å²) in [5.41, 5.74) is 0.138. The van der Waals surface area contributed by atoms with Gasteiger partial charge in [0, 0.05) is 16.8 Å². The molecule has 2 aromatic rings. The lowest BCUT2D eigenvalue weighted by atomic mass is 10.1. The molecular weight excluding hydrogens is 435 g/mol. The zero-order valence-corrected chi connectivity index (χ0v) is 18.7. The van der Waals surface area contributed by atoms with Crippen LogP contribution in [0.5, 0.6) is 5.75 Å². The van der Waals surface area contributed by atoms with E-state index in [0.717, 1.165) is 6.26 Å². The van der Waals surface area contributed by atoms with Gasteiger partial charge in [-0.25, -0.2) is 13.2 Å². The smallest absolute Gasteiger partial charge is 0.344 e. The van der Waals surface area contributed by atoms with Gasteiger partial charge in [-0.2, -0.15) is 0 Å². The Labute approximate surface area is 180 Å². The fourth-order valence-corrected chi connectivity index (χ4v) is 3.18. The summed E-state index contributed by atoms with van der Waals surface area (Å²) in [6.45, 7) is 4.99. The predicted octanol–water partition coefficient (Wildman–Crippen LogP) is 4.52. The maximum absolute atomic E-state index is 11.9. The minimum absolute atomic E-state index is 0.110. The van der Waals surface area contributed by atoms with Crippen LogP contribution >= 0.6 is 23.2 Å². The first-order valence-electron chi connectivity index (χ1n) is 8.51. The second kappa shape index (κ2) is 9.08. The van der Waals surface area contributed by atoms with Crippen LogP contribution in [0.4, 0.5) is 0 Å². The highest BCUT2D eigenvalue weighted by molar-refractivity contribution is 7.90. The number of halogens is 2. The van der Waals surface area contributed by atoms with E-state index in [1.165, 1.54) is 18.2 Å². The second-order valence-corrected chi connectivity index (χ2v) is 10.0. The third-order valence-electron chi connectivity index (χ3n) is 3.40. The first-order chi connectivity index (χ1) is 13.3. The molecule has 154 valence electrons. The van der Waals surface area contributed by atoms with Crippen LogP contribution in [0.2, 0.25) is 10.0 Å². The van der Waals surface area contributed by atoms with Gasteiger partial charge in [0.05, 0.1) is 15.5 Å². The maximum Gasteiger partial charge on any atom is 0.344 e. The molecule has 0 aliphatic carbocycles. The molecule has 0 saturated heterocycles. The fraction of sp³-hybridized carbons (Fsp3) is 0.286. The van der Waals surface area contributed by atoms with Crippen molar-refractivity contribution in [1.82, 2.24) is 0 Å². The van der Waals surface area contributed by atoms with Gasteiger partial charge in [0.2, 0.25) is 0 Å². The lowest BCUT2D eigenvalue weighted by Gasteiger charge is -2.19. The van der Waals surface area contributed by atoms with Gasteiger partial charge >= 0.3 is 5.97 Å². The molecule has 0 spiro atoms. The van der Waals surface area contributed by atoms with Crippen LogP contribution in [0.15, 0.2) is 41.3 Å². The molecule has 0 saturated carbocycles. The number of sulfone groups is 1. The highest BCUT2D eigenvalue weighted by Crippen LogP contribution is 2.24. The molecule has 0 aromatic heterocycles. The zero-order chi connectivity index (χ0) is 21.8. The third-order valence-corrected chi connectivity index (χ3v) is 5.08. The van der Waals surface area contributed by atoms with Crippen molar-refractivity contribution in [2.75, 3.05) is 12.9 Å². The molecule has 0 bridgehead atoms. The van der Waals surface area contributed by atoms with Crippen LogP contribution in [-0.4, -0.2) is 32.9 Å². The lowest BCUT2D eigenvalue weighted by molar-refractivity contribution is -0.157. The van der Waals surface area contributed by atoms with Gasteiger partial charge in [-0.15, -0.1) is 0 Å². The van der Waals surface area contributed by atoms with E-state index in [0.29, 0.717) is 26.9 Å². The first-order valence-corrected chi connectivity index (χ1v) is 11.2. The normalized spacial score (nSPS) is 11.4. The Hall–Kier alpha value is -2.20. The number of esters is 1. The first kappa shape index (κ1) is 23.1. The van der Waals surface area contributed by atoms with Crippen LogP contribution in [-0.2, 0) is 19.4 Å². The molecule has 2 rings (SSSR count). The summed E-state index contributed by atoms with van der Waals surface area (Å²) < 4.78 is 34.2. The number of hydrogen-bond acceptors (Lipinski definition) is 5. The summed E-state index contributed by atoms with van der Waals surface area (Å²) in [5, 5.41) is 0.734. The molecule has 0 aliphatic rings. The topological polar surface area (TPSA) is 69.7 Å². The molecule has 0 radical (unpaired) electrons. The molecule has 0 heterocycles. The van der Waals surface area contributed by atoms with Gasteiger partial charge in [0.1, 0.15) is 11.4 Å². The summed E-state index contributed by atoms with van der Waals surface area (Å²) >= 11 is 12.2. The highest BCUT2D eigenvalue weighted by atomic mass is 35.5. The van der Waals surface area contributed by atoms with Crippen molar-refractivity contribution in [2.45, 2.75) is 31.3 Å². The Kier molecular flexibility index (Phi) is 7.23. The molecule has 0 atom stereocenters. The van der Waals surface area contributed by atoms with Gasteiger partial charge in [0.15, 0.2) is 16.4 Å². The van der Waals surface area contributed by atoms with E-state index in [-0.39, 0.29) is 11.5 Å². The quantitative estimate of drug-likeness (QED) is 0.501. The van der Waals surface area contributed by atoms with Crippen molar-refractivity contribution in [1.29, 1.82) is 0 Å². The average Bonchev–Trinajstić information content (AvgIpc) is 2.57. The highest BCUT2D eigenvalue weighted by Gasteiger charge is 2.17. The Morgan fingerprint density at radius 3 is 2.31 bits per heavy atom. The van der Waals surface area contributed by atoms with Gasteiger partial charge < -0.3 is 9.47 Å². The van der Waals surface area contributed by atoms with Crippen LogP contribution in [0.25, 0.3) is 0 Å². The maximum atomic E-state index is 11.9. The van der Waals surface area contributed by atoms with Crippen LogP contribution in [0.1, 0.15) is 31.9 Å². The van der Waals surface area contributed by atoms with Gasteiger partial charge in [-0.1, -0.05) is 35.0 Å². The Morgan fingerprint density at radius 1 is 1.03 bits per heavy atom. The number of carbonyl (C=O) groups excluding carboxylic acids is 1. The number of carbonyl (C=O) groups is 1. The Morgan fingerprint density at radius 2 is 1.69 bits per heavy atom. The molecular formula is C21H20Cl2O5S. The summed E-state index contributed by atoms with van der Waals surface area (Å²) in [5.74, 6) is 5.52. The molecule has 5 nitrogen and oxygen atoms in total. The van der Waals surface area contributed by atoms with E-state index in [4.69, 9.17) is 32.7 Å². The molecule has 2 aromatic carbocycles. The van der Waals surface area contributed by atoms with Gasteiger partial charge in [0.25, 0.3) is 0 Å². The third kappa shape index (κ3) is 7.28. The van der Waals surface area contributed by atoms with Crippen molar-refractivity contribution >= 4 is 39.0 Å². The predicted molar refractivity (Wildman–Crippen MR) is 113 cm³/mol. The van der Waals surface area contributed by atoms with E-state index in [9.17, 15) is 13.2 Å². The van der Waals surface area contributed by atoms with Crippen molar-refractivity contribution in [3.8, 4) is 17.6 Å². The average molecular weight is 455 g/mol. The van der Waals surface area contributed by atoms with Crippen LogP contribution in [0.3, 0.4) is 0 Å². The molecule has 0 unspecified atom stereocenters. The number of ether oxygens (including phenoxy) is 2. The van der Waals surface area contributed by atoms with E-state index in [2.05, 4.69) is 11.8 Å². The van der Waals surface area contributed by atoms with E-state index in [1.807, 2.05) is 0 Å². The zero-order valence-electron chi connectivity index (χ0n) is 16.4. The van der Waals surface area contributed by atoms with E-state index < -0.39 is 21.4 Å². The molecule has 0 fully saturated rings. The monoisotopic (exact) mass is 454 g/mol. The second-order valence-electron chi connectivity index (χ2n) is 7.18. The van der Waals surface area contributed by atoms with E-state index >= 15 is 0 Å². The summed E-state index contributed by atoms with van der Waals surface area (Å²) in [6.07, 6.45) is 1.10. The van der Waals surface area contributed by atoms with Crippen molar-refractivity contribution in [3.63, 3.8) is 0 Å². The Balaban J connectivity index is 2.31. The summed E-state index contributed by atoms with van der Waals surface area (Å²) in [6, 6.07) is 9.06. The largest absolute Gasteiger partial charge is 0.481 e. The number of benzene rings is 2. The molecule has 0 amide bonds. The molecule has 8 heteroatoms. The van der Waals surface area contributed by atoms with Gasteiger partial charge in [-0.05, 0) is 57.2 Å². The van der Waals surface area contributed by atoms with E-state index in [1.54, 1.807) is 39.0 Å².